The maximum Gasteiger partial charge on any atom is 0.237 e. The number of aromatic amines is 1. The summed E-state index contributed by atoms with van der Waals surface area (Å²) >= 11 is 4.83. The molecule has 0 fully saturated rings. The summed E-state index contributed by atoms with van der Waals surface area (Å²) in [6.45, 7) is 2.96. The Morgan fingerprint density at radius 2 is 2.23 bits per heavy atom. The number of para-hydroxylation sites is 1. The largest absolute Gasteiger partial charge is 0.311 e. The van der Waals surface area contributed by atoms with Crippen LogP contribution < -0.4 is 4.90 Å². The maximum atomic E-state index is 12.9. The van der Waals surface area contributed by atoms with E-state index < -0.39 is 0 Å². The van der Waals surface area contributed by atoms with E-state index >= 15 is 0 Å². The van der Waals surface area contributed by atoms with Gasteiger partial charge in [0.25, 0.3) is 0 Å². The number of hydrogen-bond donors (Lipinski definition) is 1. The number of fused-ring (bicyclic) bond motifs is 1. The van der Waals surface area contributed by atoms with E-state index in [2.05, 4.69) is 28.2 Å². The third-order valence-electron chi connectivity index (χ3n) is 4.09. The molecule has 0 bridgehead atoms. The van der Waals surface area contributed by atoms with Crippen LogP contribution >= 0.6 is 34.9 Å². The molecule has 0 spiro atoms. The molecule has 134 valence electrons. The van der Waals surface area contributed by atoms with Crippen molar-refractivity contribution in [2.45, 2.75) is 28.6 Å². The van der Waals surface area contributed by atoms with Gasteiger partial charge in [-0.1, -0.05) is 36.9 Å². The number of benzene rings is 1. The molecule has 3 aromatic rings. The van der Waals surface area contributed by atoms with Crippen molar-refractivity contribution in [1.82, 2.24) is 15.2 Å². The summed E-state index contributed by atoms with van der Waals surface area (Å²) in [5.74, 6) is 1.18. The van der Waals surface area contributed by atoms with Crippen molar-refractivity contribution < 1.29 is 4.79 Å². The second-order valence-corrected chi connectivity index (χ2v) is 9.33. The minimum absolute atomic E-state index is 0.0969. The van der Waals surface area contributed by atoms with Crippen LogP contribution in [0.25, 0.3) is 10.7 Å². The first kappa shape index (κ1) is 17.6. The third kappa shape index (κ3) is 3.82. The van der Waals surface area contributed by atoms with Gasteiger partial charge in [-0.2, -0.15) is 0 Å². The fourth-order valence-electron chi connectivity index (χ4n) is 2.78. The second kappa shape index (κ2) is 7.85. The Morgan fingerprint density at radius 1 is 1.35 bits per heavy atom. The van der Waals surface area contributed by atoms with E-state index in [-0.39, 0.29) is 5.91 Å². The molecule has 1 N–H and O–H groups in total. The van der Waals surface area contributed by atoms with Gasteiger partial charge in [-0.25, -0.2) is 4.98 Å². The van der Waals surface area contributed by atoms with Gasteiger partial charge < -0.3 is 4.90 Å². The van der Waals surface area contributed by atoms with Gasteiger partial charge in [0.15, 0.2) is 5.82 Å². The van der Waals surface area contributed by atoms with Crippen molar-refractivity contribution >= 4 is 46.5 Å². The molecule has 3 heterocycles. The molecule has 1 atom stereocenters. The monoisotopic (exact) mass is 402 g/mol. The van der Waals surface area contributed by atoms with Gasteiger partial charge in [0.05, 0.1) is 16.3 Å². The van der Waals surface area contributed by atoms with E-state index in [1.165, 1.54) is 16.7 Å². The number of hydrogen-bond acceptors (Lipinski definition) is 6. The number of H-pyrrole nitrogens is 1. The lowest BCUT2D eigenvalue weighted by atomic mass is 10.2. The van der Waals surface area contributed by atoms with Crippen LogP contribution in [0.5, 0.6) is 0 Å². The molecule has 0 saturated heterocycles. The van der Waals surface area contributed by atoms with Crippen LogP contribution in [-0.4, -0.2) is 38.6 Å². The van der Waals surface area contributed by atoms with Crippen LogP contribution in [0.1, 0.15) is 13.3 Å². The molecule has 4 rings (SSSR count). The minimum Gasteiger partial charge on any atom is -0.311 e. The first-order chi connectivity index (χ1) is 12.7. The lowest BCUT2D eigenvalue weighted by molar-refractivity contribution is -0.116. The number of anilines is 1. The number of thioether (sulfide) groups is 2. The van der Waals surface area contributed by atoms with Crippen molar-refractivity contribution in [3.63, 3.8) is 0 Å². The molecule has 8 heteroatoms. The van der Waals surface area contributed by atoms with Gasteiger partial charge in [0, 0.05) is 16.7 Å². The summed E-state index contributed by atoms with van der Waals surface area (Å²) < 4.78 is 0. The first-order valence-corrected chi connectivity index (χ1v) is 11.1. The van der Waals surface area contributed by atoms with Gasteiger partial charge in [0.1, 0.15) is 0 Å². The SMILES string of the molecule is CC1CCN(C(=O)CSc2n[nH]c(-c3cccs3)n2)c2ccccc2S1. The zero-order valence-electron chi connectivity index (χ0n) is 14.2. The first-order valence-electron chi connectivity index (χ1n) is 8.36. The average molecular weight is 403 g/mol. The van der Waals surface area contributed by atoms with Crippen LogP contribution in [0.2, 0.25) is 0 Å². The van der Waals surface area contributed by atoms with Gasteiger partial charge in [-0.15, -0.1) is 28.2 Å². The summed E-state index contributed by atoms with van der Waals surface area (Å²) in [4.78, 5) is 21.5. The van der Waals surface area contributed by atoms with E-state index in [4.69, 9.17) is 0 Å². The highest BCUT2D eigenvalue weighted by atomic mass is 32.2. The molecule has 0 radical (unpaired) electrons. The second-order valence-electron chi connectivity index (χ2n) is 5.96. The lowest BCUT2D eigenvalue weighted by Crippen LogP contribution is -2.33. The minimum atomic E-state index is 0.0969. The quantitative estimate of drug-likeness (QED) is 0.649. The highest BCUT2D eigenvalue weighted by Gasteiger charge is 2.24. The van der Waals surface area contributed by atoms with E-state index in [1.807, 2.05) is 52.4 Å². The van der Waals surface area contributed by atoms with Crippen LogP contribution in [0.15, 0.2) is 51.8 Å². The zero-order valence-corrected chi connectivity index (χ0v) is 16.7. The highest BCUT2D eigenvalue weighted by molar-refractivity contribution is 8.00. The summed E-state index contributed by atoms with van der Waals surface area (Å²) in [5, 5.41) is 10.3. The molecule has 1 aromatic carbocycles. The lowest BCUT2D eigenvalue weighted by Gasteiger charge is -2.22. The van der Waals surface area contributed by atoms with Crippen molar-refractivity contribution in [3.05, 3.63) is 41.8 Å². The fourth-order valence-corrected chi connectivity index (χ4v) is 5.24. The number of amides is 1. The number of carbonyl (C=O) groups excluding carboxylic acids is 1. The average Bonchev–Trinajstić information content (AvgIpc) is 3.29. The number of thiophene rings is 1. The number of rotatable bonds is 4. The molecule has 2 aromatic heterocycles. The third-order valence-corrected chi connectivity index (χ3v) is 7.03. The Kier molecular flexibility index (Phi) is 5.33. The number of nitrogens with zero attached hydrogens (tertiary/aromatic N) is 3. The Bertz CT molecular complexity index is 893. The van der Waals surface area contributed by atoms with Crippen molar-refractivity contribution in [2.75, 3.05) is 17.2 Å². The molecule has 1 aliphatic heterocycles. The molecule has 1 aliphatic rings. The Hall–Kier alpha value is -1.77. The van der Waals surface area contributed by atoms with E-state index in [1.54, 1.807) is 11.3 Å². The molecular weight excluding hydrogens is 384 g/mol. The predicted molar refractivity (Wildman–Crippen MR) is 109 cm³/mol. The summed E-state index contributed by atoms with van der Waals surface area (Å²) in [7, 11) is 0. The molecule has 26 heavy (non-hydrogen) atoms. The number of carbonyl (C=O) groups is 1. The van der Waals surface area contributed by atoms with E-state index in [0.29, 0.717) is 16.2 Å². The number of aromatic nitrogens is 3. The normalized spacial score (nSPS) is 17.0. The van der Waals surface area contributed by atoms with Crippen molar-refractivity contribution in [3.8, 4) is 10.7 Å². The zero-order chi connectivity index (χ0) is 17.9. The summed E-state index contributed by atoms with van der Waals surface area (Å²) in [6, 6.07) is 12.1. The smallest absolute Gasteiger partial charge is 0.237 e. The number of nitrogens with one attached hydrogen (secondary N) is 1. The maximum absolute atomic E-state index is 12.9. The Balaban J connectivity index is 1.45. The molecule has 1 unspecified atom stereocenters. The van der Waals surface area contributed by atoms with E-state index in [9.17, 15) is 4.79 Å². The van der Waals surface area contributed by atoms with Crippen LogP contribution in [0.3, 0.4) is 0 Å². The van der Waals surface area contributed by atoms with Gasteiger partial charge in [-0.05, 0) is 30.0 Å². The summed E-state index contributed by atoms with van der Waals surface area (Å²) in [5.41, 5.74) is 1.02. The topological polar surface area (TPSA) is 61.9 Å². The van der Waals surface area contributed by atoms with Crippen LogP contribution in [-0.2, 0) is 4.79 Å². The highest BCUT2D eigenvalue weighted by Crippen LogP contribution is 2.37. The van der Waals surface area contributed by atoms with Crippen molar-refractivity contribution in [1.29, 1.82) is 0 Å². The molecule has 5 nitrogen and oxygen atoms in total. The van der Waals surface area contributed by atoms with Gasteiger partial charge in [0.2, 0.25) is 11.1 Å². The van der Waals surface area contributed by atoms with Gasteiger partial charge >= 0.3 is 0 Å². The van der Waals surface area contributed by atoms with E-state index in [0.717, 1.165) is 29.4 Å². The van der Waals surface area contributed by atoms with Crippen LogP contribution in [0, 0.1) is 0 Å². The predicted octanol–water partition coefficient (Wildman–Crippen LogP) is 4.54. The molecule has 1 amide bonds. The van der Waals surface area contributed by atoms with Crippen molar-refractivity contribution in [2.24, 2.45) is 0 Å². The molecular formula is C18H18N4OS3. The fraction of sp³-hybridized carbons (Fsp3) is 0.278. The summed E-state index contributed by atoms with van der Waals surface area (Å²) in [6.07, 6.45) is 0.985. The van der Waals surface area contributed by atoms with Gasteiger partial charge in [-0.3, -0.25) is 9.89 Å². The standard InChI is InChI=1S/C18H18N4OS3/c1-12-8-9-22(13-5-2-3-6-14(13)26-12)16(23)11-25-18-19-17(20-21-18)15-7-4-10-24-15/h2-7,10,12H,8-9,11H2,1H3,(H,19,20,21). The Morgan fingerprint density at radius 3 is 3.08 bits per heavy atom. The molecule has 0 saturated carbocycles. The molecule has 0 aliphatic carbocycles. The van der Waals surface area contributed by atoms with Crippen LogP contribution in [0.4, 0.5) is 5.69 Å². The Labute approximate surface area is 164 Å².